The highest BCUT2D eigenvalue weighted by atomic mass is 32.2. The summed E-state index contributed by atoms with van der Waals surface area (Å²) in [5.41, 5.74) is 1.83. The molecule has 1 aliphatic carbocycles. The number of nitrogens with zero attached hydrogens (tertiary/aromatic N) is 5. The maximum absolute atomic E-state index is 15.1. The van der Waals surface area contributed by atoms with Crippen molar-refractivity contribution < 1.29 is 40.7 Å². The van der Waals surface area contributed by atoms with E-state index in [-0.39, 0.29) is 91.8 Å². The van der Waals surface area contributed by atoms with E-state index in [1.54, 1.807) is 29.2 Å². The van der Waals surface area contributed by atoms with Crippen molar-refractivity contribution in [3.8, 4) is 0 Å². The van der Waals surface area contributed by atoms with Crippen molar-refractivity contribution in [3.05, 3.63) is 71.6 Å². The molecule has 0 radical (unpaired) electrons. The molecule has 12 nitrogen and oxygen atoms in total. The number of ether oxygens (including phenoxy) is 1. The molecule has 5 aliphatic heterocycles. The largest absolute Gasteiger partial charge is 0.469 e. The molecular formula is C51H71F3N6O6S. The van der Waals surface area contributed by atoms with E-state index in [1.165, 1.54) is 26.5 Å². The summed E-state index contributed by atoms with van der Waals surface area (Å²) in [6.45, 7) is 9.66. The van der Waals surface area contributed by atoms with Crippen LogP contribution in [0.5, 0.6) is 0 Å². The van der Waals surface area contributed by atoms with Gasteiger partial charge in [-0.3, -0.25) is 24.2 Å². The minimum Gasteiger partial charge on any atom is -0.469 e. The number of benzene rings is 2. The van der Waals surface area contributed by atoms with E-state index in [0.29, 0.717) is 31.0 Å². The van der Waals surface area contributed by atoms with Crippen molar-refractivity contribution in [1.82, 2.24) is 24.9 Å². The van der Waals surface area contributed by atoms with Gasteiger partial charge in [0.15, 0.2) is 9.84 Å². The van der Waals surface area contributed by atoms with Crippen molar-refractivity contribution in [2.75, 3.05) is 97.1 Å². The summed E-state index contributed by atoms with van der Waals surface area (Å²) in [7, 11) is -2.40. The van der Waals surface area contributed by atoms with Gasteiger partial charge in [-0.2, -0.15) is 0 Å². The standard InChI is InChI=1S/C51H71F3N6O6S/c1-37(61)55-36-51(42-10-7-11-43(52)29-42,46-12-6-9-39(46)28-49(63)66-2)41-16-23-57(24-17-41)30-38-31-59(32-38)44-14-15-47(40(27-44)33-58-25-18-50(53,54)19-26-58)67(64,65)45-34-60(35-45)48(62)13-8-22-56-20-4-3-5-21-56/h7-8,10-11,13-15,27,29,38-39,41,45-46H,3-6,9,12,16-26,28,30-36H2,1-2H3,(H,55,61)/b13-8+/t39-,46+,51+/m1/s1. The summed E-state index contributed by atoms with van der Waals surface area (Å²) in [5.74, 6) is -2.96. The van der Waals surface area contributed by atoms with Crippen LogP contribution < -0.4 is 10.2 Å². The topological polar surface area (TPSA) is 123 Å². The molecule has 6 fully saturated rings. The number of amides is 2. The summed E-state index contributed by atoms with van der Waals surface area (Å²) in [6.07, 6.45) is 11.2. The number of halogens is 3. The monoisotopic (exact) mass is 953 g/mol. The van der Waals surface area contributed by atoms with Gasteiger partial charge in [-0.1, -0.05) is 31.1 Å². The van der Waals surface area contributed by atoms with Crippen LogP contribution in [0.2, 0.25) is 0 Å². The second-order valence-electron chi connectivity index (χ2n) is 20.5. The first-order chi connectivity index (χ1) is 32.1. The molecule has 1 saturated carbocycles. The van der Waals surface area contributed by atoms with Crippen molar-refractivity contribution in [3.63, 3.8) is 0 Å². The number of rotatable bonds is 17. The predicted octanol–water partition coefficient (Wildman–Crippen LogP) is 6.29. The number of esters is 1. The number of carbonyl (C=O) groups is 3. The third kappa shape index (κ3) is 11.6. The molecule has 1 N–H and O–H groups in total. The fourth-order valence-electron chi connectivity index (χ4n) is 12.3. The van der Waals surface area contributed by atoms with Crippen LogP contribution in [-0.4, -0.2) is 149 Å². The quantitative estimate of drug-likeness (QED) is 0.143. The predicted molar refractivity (Wildman–Crippen MR) is 252 cm³/mol. The fraction of sp³-hybridized carbons (Fsp3) is 0.667. The Balaban J connectivity index is 0.915. The van der Waals surface area contributed by atoms with Crippen LogP contribution in [0, 0.1) is 29.5 Å². The summed E-state index contributed by atoms with van der Waals surface area (Å²) in [5, 5.41) is 2.41. The minimum absolute atomic E-state index is 0.0589. The van der Waals surface area contributed by atoms with Gasteiger partial charge in [0.05, 0.1) is 12.0 Å². The Hall–Kier alpha value is -3.99. The van der Waals surface area contributed by atoms with Crippen LogP contribution in [0.1, 0.15) is 88.7 Å². The van der Waals surface area contributed by atoms with Gasteiger partial charge in [0.2, 0.25) is 11.8 Å². The van der Waals surface area contributed by atoms with E-state index >= 15 is 4.39 Å². The van der Waals surface area contributed by atoms with Gasteiger partial charge >= 0.3 is 5.97 Å². The molecule has 0 aromatic heterocycles. The lowest BCUT2D eigenvalue weighted by Crippen LogP contribution is -2.56. The second-order valence-corrected chi connectivity index (χ2v) is 22.7. The Morgan fingerprint density at radius 3 is 2.28 bits per heavy atom. The highest BCUT2D eigenvalue weighted by Gasteiger charge is 2.52. The lowest BCUT2D eigenvalue weighted by molar-refractivity contribution is -0.142. The van der Waals surface area contributed by atoms with Gasteiger partial charge in [0.1, 0.15) is 11.1 Å². The first kappa shape index (κ1) is 49.4. The molecule has 3 atom stereocenters. The molecule has 0 spiro atoms. The zero-order valence-corrected chi connectivity index (χ0v) is 40.3. The van der Waals surface area contributed by atoms with Crippen molar-refractivity contribution in [2.45, 2.75) is 106 Å². The third-order valence-electron chi connectivity index (χ3n) is 16.1. The Morgan fingerprint density at radius 2 is 1.60 bits per heavy atom. The molecule has 0 unspecified atom stereocenters. The van der Waals surface area contributed by atoms with Gasteiger partial charge in [-0.25, -0.2) is 21.6 Å². The van der Waals surface area contributed by atoms with Crippen molar-refractivity contribution in [1.29, 1.82) is 0 Å². The van der Waals surface area contributed by atoms with Crippen molar-refractivity contribution in [2.24, 2.45) is 23.7 Å². The van der Waals surface area contributed by atoms with Gasteiger partial charge in [0, 0.05) is 115 Å². The first-order valence-corrected chi connectivity index (χ1v) is 26.4. The zero-order chi connectivity index (χ0) is 47.3. The SMILES string of the molecule is COC(=O)C[C@H]1CCC[C@@H]1[C@](CNC(C)=O)(c1cccc(F)c1)C1CCN(CC2CN(c3ccc(S(=O)(=O)C4CN(C(=O)/C=C/CN5CCCCC5)C4)c(CN4CCC(F)(F)CC4)c3)C2)CC1. The number of carbonyl (C=O) groups excluding carboxylic acids is 3. The van der Waals surface area contributed by atoms with Crippen molar-refractivity contribution >= 4 is 33.3 Å². The molecular weight excluding hydrogens is 882 g/mol. The van der Waals surface area contributed by atoms with E-state index < -0.39 is 26.4 Å². The van der Waals surface area contributed by atoms with Crippen LogP contribution in [-0.2, 0) is 40.9 Å². The summed E-state index contributed by atoms with van der Waals surface area (Å²) >= 11 is 0. The molecule has 8 rings (SSSR count). The van der Waals surface area contributed by atoms with Gasteiger partial charge in [0.25, 0.3) is 5.92 Å². The van der Waals surface area contributed by atoms with E-state index in [2.05, 4.69) is 20.0 Å². The number of hydrogen-bond donors (Lipinski definition) is 1. The molecule has 2 aromatic carbocycles. The average molecular weight is 953 g/mol. The van der Waals surface area contributed by atoms with E-state index in [9.17, 15) is 31.6 Å². The van der Waals surface area contributed by atoms with Gasteiger partial charge in [-0.15, -0.1) is 0 Å². The molecule has 6 aliphatic rings. The maximum Gasteiger partial charge on any atom is 0.305 e. The van der Waals surface area contributed by atoms with Crippen LogP contribution in [0.25, 0.3) is 0 Å². The molecule has 2 aromatic rings. The molecule has 2 amide bonds. The van der Waals surface area contributed by atoms with Crippen LogP contribution in [0.15, 0.2) is 59.5 Å². The van der Waals surface area contributed by atoms with Crippen LogP contribution in [0.4, 0.5) is 18.9 Å². The molecule has 368 valence electrons. The summed E-state index contributed by atoms with van der Waals surface area (Å²) in [4.78, 5) is 48.9. The Bertz CT molecular complexity index is 2190. The minimum atomic E-state index is -3.82. The average Bonchev–Trinajstić information content (AvgIpc) is 3.74. The summed E-state index contributed by atoms with van der Waals surface area (Å²) in [6, 6.07) is 12.3. The number of methoxy groups -OCH3 is 1. The van der Waals surface area contributed by atoms with Crippen LogP contribution >= 0.6 is 0 Å². The number of alkyl halides is 2. The molecule has 0 bridgehead atoms. The Morgan fingerprint density at radius 1 is 0.866 bits per heavy atom. The molecule has 16 heteroatoms. The van der Waals surface area contributed by atoms with E-state index in [4.69, 9.17) is 4.74 Å². The Kier molecular flexibility index (Phi) is 15.7. The highest BCUT2D eigenvalue weighted by Crippen LogP contribution is 2.53. The second kappa shape index (κ2) is 21.3. The van der Waals surface area contributed by atoms with Gasteiger partial charge in [-0.05, 0) is 124 Å². The zero-order valence-electron chi connectivity index (χ0n) is 39.5. The van der Waals surface area contributed by atoms with Gasteiger partial charge < -0.3 is 24.8 Å². The number of sulfone groups is 1. The van der Waals surface area contributed by atoms with Crippen LogP contribution in [0.3, 0.4) is 0 Å². The normalized spacial score (nSPS) is 24.9. The number of nitrogens with one attached hydrogen (secondary N) is 1. The van der Waals surface area contributed by atoms with E-state index in [1.807, 2.05) is 29.2 Å². The summed E-state index contributed by atoms with van der Waals surface area (Å²) < 4.78 is 77.0. The number of anilines is 1. The smallest absolute Gasteiger partial charge is 0.305 e. The number of hydrogen-bond acceptors (Lipinski definition) is 10. The van der Waals surface area contributed by atoms with E-state index in [0.717, 1.165) is 102 Å². The highest BCUT2D eigenvalue weighted by molar-refractivity contribution is 7.92. The lowest BCUT2D eigenvalue weighted by Gasteiger charge is -2.51. The molecule has 5 saturated heterocycles. The first-order valence-electron chi connectivity index (χ1n) is 24.8. The lowest BCUT2D eigenvalue weighted by atomic mass is 9.57. The fourth-order valence-corrected chi connectivity index (χ4v) is 14.2. The Labute approximate surface area is 395 Å². The third-order valence-corrected chi connectivity index (χ3v) is 18.3. The molecule has 5 heterocycles. The molecule has 67 heavy (non-hydrogen) atoms. The number of piperidine rings is 3. The maximum atomic E-state index is 15.1. The number of likely N-dealkylation sites (tertiary alicyclic amines) is 4.